The summed E-state index contributed by atoms with van der Waals surface area (Å²) in [6, 6.07) is 16.9. The molecule has 0 saturated heterocycles. The maximum atomic E-state index is 5.27. The second kappa shape index (κ2) is 66.4. The molecule has 2 nitrogen and oxygen atoms in total. The summed E-state index contributed by atoms with van der Waals surface area (Å²) in [5.41, 5.74) is 5.64. The first-order valence-electron chi connectivity index (χ1n) is 38.0. The zero-order valence-corrected chi connectivity index (χ0v) is 58.5. The molecule has 490 valence electrons. The number of unbranched alkanes of at least 4 members (excludes halogenated alkanes) is 54. The molecule has 0 fully saturated rings. The maximum absolute atomic E-state index is 5.27. The summed E-state index contributed by atoms with van der Waals surface area (Å²) in [5, 5.41) is 0. The van der Waals surface area contributed by atoms with Crippen LogP contribution < -0.4 is 0 Å². The minimum Gasteiger partial charge on any atom is -0.250 e. The largest absolute Gasteiger partial charge is 0.250 e. The summed E-state index contributed by atoms with van der Waals surface area (Å²) in [7, 11) is 0. The molecule has 0 unspecified atom stereocenters. The third-order valence-electron chi connectivity index (χ3n) is 17.6. The van der Waals surface area contributed by atoms with Crippen molar-refractivity contribution in [3.63, 3.8) is 0 Å². The molecule has 0 saturated carbocycles. The third-order valence-corrected chi connectivity index (χ3v) is 17.6. The van der Waals surface area contributed by atoms with E-state index >= 15 is 0 Å². The molecule has 0 heterocycles. The Bertz CT molecular complexity index is 2030. The van der Waals surface area contributed by atoms with Crippen molar-refractivity contribution in [2.75, 3.05) is 0 Å². The van der Waals surface area contributed by atoms with Crippen LogP contribution in [0.25, 0.3) is 0 Å². The molecule has 0 amide bonds. The molecule has 2 aromatic rings. The minimum absolute atomic E-state index is 0. The molecule has 0 radical (unpaired) electrons. The Morgan fingerprint density at radius 3 is 0.826 bits per heavy atom. The van der Waals surface area contributed by atoms with E-state index in [1.807, 2.05) is 0 Å². The molecule has 2 rings (SSSR count). The van der Waals surface area contributed by atoms with Crippen LogP contribution in [0.4, 0.5) is 11.4 Å². The van der Waals surface area contributed by atoms with Crippen molar-refractivity contribution >= 4 is 22.8 Å². The molecule has 0 spiro atoms. The van der Waals surface area contributed by atoms with Gasteiger partial charge in [-0.25, -0.2) is 4.99 Å². The molecule has 3 heteroatoms. The molecule has 86 heavy (non-hydrogen) atoms. The van der Waals surface area contributed by atoms with Crippen molar-refractivity contribution < 1.29 is 16.5 Å². The zero-order valence-electron chi connectivity index (χ0n) is 57.5. The Kier molecular flexibility index (Phi) is 62.5. The van der Waals surface area contributed by atoms with Crippen LogP contribution in [-0.4, -0.2) is 11.4 Å². The van der Waals surface area contributed by atoms with E-state index in [0.717, 1.165) is 78.9 Å². The average Bonchev–Trinajstić information content (AvgIpc) is 3.72. The fourth-order valence-electron chi connectivity index (χ4n) is 12.0. The van der Waals surface area contributed by atoms with E-state index in [-0.39, 0.29) is 16.5 Å². The fourth-order valence-corrected chi connectivity index (χ4v) is 12.0. The molecular weight excluding hydrogens is 1080 g/mol. The van der Waals surface area contributed by atoms with Gasteiger partial charge in [0.05, 0.1) is 17.1 Å². The Morgan fingerprint density at radius 2 is 0.523 bits per heavy atom. The Morgan fingerprint density at radius 1 is 0.279 bits per heavy atom. The number of benzene rings is 2. The van der Waals surface area contributed by atoms with Gasteiger partial charge in [-0.3, -0.25) is 4.99 Å². The quantitative estimate of drug-likeness (QED) is 0.0273. The molecule has 0 bridgehead atoms. The van der Waals surface area contributed by atoms with Crippen LogP contribution in [0.15, 0.2) is 58.5 Å². The van der Waals surface area contributed by atoms with Gasteiger partial charge in [0.25, 0.3) is 0 Å². The SMILES string of the molecule is CCCCCC#CC(=Nc1cccc(C#CCCCCCCCCCCCCCCCCCCCCCCCCCCC)c1)C(CCCC)=Nc1cccc(C#CCCCCCCCCCCCCCCCCCCCCCCCCCCC)c1.[Ni]. The van der Waals surface area contributed by atoms with Crippen molar-refractivity contribution in [3.8, 4) is 35.5 Å². The standard InChI is InChI=1S/C83H138N2.Ni/c1-5-9-13-16-18-20-22-24-26-28-30-32-34-36-38-40-42-44-46-48-50-52-54-56-58-61-63-68-78-70-66-72-80(76-78)84-82(74-12-8-4)83(75-65-60-15-11-7-3)85-81-73-67-71-79(77-81)69-64-62-59-57-55-53-51-49-47-45-43-41-39-37-35-33-31-29-27-25-23-21-19-17-14-10-6-2;/h66-67,70-73,76-77H,5-62,74H2,1-4H3;. The maximum Gasteiger partial charge on any atom is 0.135 e. The monoisotopic (exact) mass is 1220 g/mol. The van der Waals surface area contributed by atoms with Gasteiger partial charge in [-0.2, -0.15) is 0 Å². The topological polar surface area (TPSA) is 24.7 Å². The summed E-state index contributed by atoms with van der Waals surface area (Å²) < 4.78 is 0. The predicted octanol–water partition coefficient (Wildman–Crippen LogP) is 28.3. The Hall–Kier alpha value is -3.05. The zero-order chi connectivity index (χ0) is 60.5. The number of hydrogen-bond donors (Lipinski definition) is 0. The van der Waals surface area contributed by atoms with Gasteiger partial charge in [-0.05, 0) is 74.4 Å². The van der Waals surface area contributed by atoms with Gasteiger partial charge in [0.2, 0.25) is 0 Å². The summed E-state index contributed by atoms with van der Waals surface area (Å²) in [5.74, 6) is 20.9. The van der Waals surface area contributed by atoms with Gasteiger partial charge in [-0.15, -0.1) is 0 Å². The van der Waals surface area contributed by atoms with E-state index in [9.17, 15) is 0 Å². The molecule has 0 atom stereocenters. The first-order chi connectivity index (χ1) is 42.2. The number of hydrogen-bond acceptors (Lipinski definition) is 2. The van der Waals surface area contributed by atoms with Crippen LogP contribution in [0.3, 0.4) is 0 Å². The van der Waals surface area contributed by atoms with E-state index in [1.54, 1.807) is 0 Å². The van der Waals surface area contributed by atoms with Crippen molar-refractivity contribution in [3.05, 3.63) is 59.7 Å². The third kappa shape index (κ3) is 53.9. The molecule has 0 aromatic heterocycles. The first-order valence-corrected chi connectivity index (χ1v) is 38.0. The number of aliphatic imine (C=N–C) groups is 2. The predicted molar refractivity (Wildman–Crippen MR) is 384 cm³/mol. The van der Waals surface area contributed by atoms with Gasteiger partial charge >= 0.3 is 0 Å². The van der Waals surface area contributed by atoms with Crippen LogP contribution >= 0.6 is 0 Å². The fraction of sp³-hybridized carbons (Fsp3) is 0.759. The molecular formula is C83H138N2Ni. The van der Waals surface area contributed by atoms with Crippen LogP contribution in [-0.2, 0) is 16.5 Å². The van der Waals surface area contributed by atoms with E-state index in [1.165, 1.54) is 334 Å². The summed E-state index contributed by atoms with van der Waals surface area (Å²) in [6.45, 7) is 9.11. The van der Waals surface area contributed by atoms with E-state index in [0.29, 0.717) is 0 Å². The van der Waals surface area contributed by atoms with Gasteiger partial charge < -0.3 is 0 Å². The Labute approximate surface area is 547 Å². The first kappa shape index (κ1) is 81.0. The van der Waals surface area contributed by atoms with Crippen LogP contribution in [0.2, 0.25) is 0 Å². The normalized spacial score (nSPS) is 11.4. The summed E-state index contributed by atoms with van der Waals surface area (Å²) >= 11 is 0. The minimum atomic E-state index is 0. The molecule has 0 aliphatic rings. The van der Waals surface area contributed by atoms with Gasteiger partial charge in [0.1, 0.15) is 5.71 Å². The van der Waals surface area contributed by atoms with E-state index in [2.05, 4.69) is 112 Å². The smallest absolute Gasteiger partial charge is 0.135 e. The average molecular weight is 1220 g/mol. The number of rotatable bonds is 59. The number of nitrogens with zero attached hydrogens (tertiary/aromatic N) is 2. The molecule has 2 aromatic carbocycles. The van der Waals surface area contributed by atoms with Crippen molar-refractivity contribution in [1.29, 1.82) is 0 Å². The van der Waals surface area contributed by atoms with Gasteiger partial charge in [0, 0.05) is 46.9 Å². The van der Waals surface area contributed by atoms with Crippen molar-refractivity contribution in [1.82, 2.24) is 0 Å². The van der Waals surface area contributed by atoms with Crippen LogP contribution in [0, 0.1) is 35.5 Å². The molecule has 0 N–H and O–H groups in total. The Balaban J connectivity index is 0.0000370. The second-order valence-electron chi connectivity index (χ2n) is 26.1. The van der Waals surface area contributed by atoms with Gasteiger partial charge in [0.15, 0.2) is 0 Å². The van der Waals surface area contributed by atoms with Gasteiger partial charge in [-0.1, -0.05) is 397 Å². The van der Waals surface area contributed by atoms with Crippen molar-refractivity contribution in [2.24, 2.45) is 9.98 Å². The summed E-state index contributed by atoms with van der Waals surface area (Å²) in [6.07, 6.45) is 80.5. The van der Waals surface area contributed by atoms with E-state index < -0.39 is 0 Å². The second-order valence-corrected chi connectivity index (χ2v) is 26.1. The van der Waals surface area contributed by atoms with Crippen molar-refractivity contribution in [2.45, 2.75) is 407 Å². The van der Waals surface area contributed by atoms with Crippen LogP contribution in [0.5, 0.6) is 0 Å². The molecule has 0 aliphatic heterocycles. The molecule has 0 aliphatic carbocycles. The van der Waals surface area contributed by atoms with Crippen LogP contribution in [0.1, 0.15) is 418 Å². The van der Waals surface area contributed by atoms with E-state index in [4.69, 9.17) is 9.98 Å². The summed E-state index contributed by atoms with van der Waals surface area (Å²) in [4.78, 5) is 10.5.